The number of nitrogens with zero attached hydrogens (tertiary/aromatic N) is 8. The van der Waals surface area contributed by atoms with E-state index in [1.807, 2.05) is 16.7 Å². The van der Waals surface area contributed by atoms with Crippen LogP contribution in [-0.2, 0) is 4.74 Å². The normalized spacial score (nSPS) is 19.4. The molecule has 3 aromatic rings. The third kappa shape index (κ3) is 6.97. The van der Waals surface area contributed by atoms with Gasteiger partial charge in [-0.05, 0) is 69.5 Å². The molecule has 0 spiro atoms. The van der Waals surface area contributed by atoms with Crippen molar-refractivity contribution in [3.63, 3.8) is 0 Å². The topological polar surface area (TPSA) is 145 Å². The van der Waals surface area contributed by atoms with E-state index >= 15 is 0 Å². The third-order valence-electron chi connectivity index (χ3n) is 7.67. The van der Waals surface area contributed by atoms with Crippen molar-refractivity contribution in [1.82, 2.24) is 40.8 Å². The highest BCUT2D eigenvalue weighted by Crippen LogP contribution is 2.32. The zero-order valence-corrected chi connectivity index (χ0v) is 24.6. The quantitative estimate of drug-likeness (QED) is 0.416. The molecule has 2 saturated heterocycles. The summed E-state index contributed by atoms with van der Waals surface area (Å²) in [5.41, 5.74) is -0.244. The number of aromatic nitrogens is 6. The van der Waals surface area contributed by atoms with Crippen molar-refractivity contribution in [2.45, 2.75) is 64.1 Å². The second kappa shape index (κ2) is 12.4. The summed E-state index contributed by atoms with van der Waals surface area (Å²) in [6.07, 6.45) is 3.81. The summed E-state index contributed by atoms with van der Waals surface area (Å²) >= 11 is 0. The number of anilines is 2. The molecule has 0 aliphatic carbocycles. The third-order valence-corrected chi connectivity index (χ3v) is 7.67. The number of benzene rings is 1. The zero-order valence-electron chi connectivity index (χ0n) is 24.6. The van der Waals surface area contributed by atoms with E-state index in [1.165, 1.54) is 12.4 Å². The highest BCUT2D eigenvalue weighted by atomic mass is 19.1. The number of halogens is 2. The first-order valence-corrected chi connectivity index (χ1v) is 14.3. The molecule has 2 amide bonds. The number of carbonyl (C=O) groups excluding carboxylic acids is 2. The number of hydrogen-bond donors (Lipinski definition) is 2. The first-order chi connectivity index (χ1) is 20.5. The molecule has 0 bridgehead atoms. The van der Waals surface area contributed by atoms with Crippen LogP contribution in [0.5, 0.6) is 0 Å². The molecule has 4 heterocycles. The summed E-state index contributed by atoms with van der Waals surface area (Å²) in [5, 5.41) is 16.9. The molecule has 15 heteroatoms. The number of aromatic amines is 1. The Morgan fingerprint density at radius 3 is 2.44 bits per heavy atom. The van der Waals surface area contributed by atoms with Gasteiger partial charge in [-0.25, -0.2) is 23.5 Å². The van der Waals surface area contributed by atoms with Crippen LogP contribution in [0.1, 0.15) is 62.4 Å². The molecule has 2 unspecified atom stereocenters. The van der Waals surface area contributed by atoms with Crippen LogP contribution in [0, 0.1) is 11.6 Å². The molecule has 230 valence electrons. The standard InChI is InChI=1S/C28H36F2N10O3/c1-5-40(19-8-10-38(11-9-19)26-34-36-37-35-26)24(41)17-13-31-25(32-14-17)39-15-21(20-12-18(29)6-7-22(20)30)23(16-39)33-27(42)43-28(2,3)4/h6-7,12-14,19,21,23H,5,8-11,15-16H2,1-4H3,(H,33,42)(H,34,35,36,37). The Bertz CT molecular complexity index is 1410. The van der Waals surface area contributed by atoms with E-state index in [1.54, 1.807) is 25.7 Å². The Morgan fingerprint density at radius 2 is 1.81 bits per heavy atom. The van der Waals surface area contributed by atoms with E-state index in [0.29, 0.717) is 37.1 Å². The number of rotatable bonds is 7. The molecule has 43 heavy (non-hydrogen) atoms. The van der Waals surface area contributed by atoms with Crippen molar-refractivity contribution in [3.8, 4) is 0 Å². The monoisotopic (exact) mass is 598 g/mol. The number of H-pyrrole nitrogens is 1. The van der Waals surface area contributed by atoms with Crippen LogP contribution in [0.25, 0.3) is 0 Å². The molecule has 2 N–H and O–H groups in total. The lowest BCUT2D eigenvalue weighted by Gasteiger charge is -2.37. The number of ether oxygens (including phenoxy) is 1. The van der Waals surface area contributed by atoms with E-state index in [0.717, 1.165) is 31.0 Å². The Morgan fingerprint density at radius 1 is 1.09 bits per heavy atom. The number of tetrazole rings is 1. The van der Waals surface area contributed by atoms with Crippen molar-refractivity contribution in [2.24, 2.45) is 0 Å². The van der Waals surface area contributed by atoms with E-state index in [-0.39, 0.29) is 30.6 Å². The lowest BCUT2D eigenvalue weighted by Crippen LogP contribution is -2.47. The van der Waals surface area contributed by atoms with Crippen LogP contribution in [-0.4, -0.2) is 97.9 Å². The SMILES string of the molecule is CCN(C(=O)c1cnc(N2CC(NC(=O)OC(C)(C)C)C(c3cc(F)ccc3F)C2)nc1)C1CCN(c2nn[nH]n2)CC1. The molecule has 5 rings (SSSR count). The first-order valence-electron chi connectivity index (χ1n) is 14.3. The number of alkyl carbamates (subject to hydrolysis) is 1. The van der Waals surface area contributed by atoms with E-state index in [2.05, 4.69) is 35.9 Å². The predicted octanol–water partition coefficient (Wildman–Crippen LogP) is 2.90. The number of piperidine rings is 1. The van der Waals surface area contributed by atoms with Gasteiger partial charge in [-0.2, -0.15) is 5.21 Å². The molecular weight excluding hydrogens is 562 g/mol. The summed E-state index contributed by atoms with van der Waals surface area (Å²) in [5.74, 6) is -1.06. The van der Waals surface area contributed by atoms with Gasteiger partial charge in [-0.3, -0.25) is 4.79 Å². The summed E-state index contributed by atoms with van der Waals surface area (Å²) in [6, 6.07) is 2.70. The van der Waals surface area contributed by atoms with Gasteiger partial charge >= 0.3 is 6.09 Å². The minimum atomic E-state index is -0.731. The van der Waals surface area contributed by atoms with E-state index < -0.39 is 35.3 Å². The van der Waals surface area contributed by atoms with Gasteiger partial charge in [0.25, 0.3) is 11.9 Å². The van der Waals surface area contributed by atoms with Crippen molar-refractivity contribution >= 4 is 23.9 Å². The second-order valence-corrected chi connectivity index (χ2v) is 11.7. The van der Waals surface area contributed by atoms with Crippen LogP contribution in [0.3, 0.4) is 0 Å². The smallest absolute Gasteiger partial charge is 0.407 e. The van der Waals surface area contributed by atoms with Gasteiger partial charge < -0.3 is 24.8 Å². The average Bonchev–Trinajstić information content (AvgIpc) is 3.65. The Labute approximate surface area is 248 Å². The fourth-order valence-corrected chi connectivity index (χ4v) is 5.68. The highest BCUT2D eigenvalue weighted by Gasteiger charge is 2.39. The van der Waals surface area contributed by atoms with Gasteiger partial charge in [0.15, 0.2) is 0 Å². The maximum absolute atomic E-state index is 14.8. The van der Waals surface area contributed by atoms with Crippen LogP contribution < -0.4 is 15.1 Å². The lowest BCUT2D eigenvalue weighted by atomic mass is 9.94. The number of nitrogens with one attached hydrogen (secondary N) is 2. The van der Waals surface area contributed by atoms with Gasteiger partial charge in [0.1, 0.15) is 17.2 Å². The maximum Gasteiger partial charge on any atom is 0.407 e. The predicted molar refractivity (Wildman–Crippen MR) is 153 cm³/mol. The fraction of sp³-hybridized carbons (Fsp3) is 0.536. The average molecular weight is 599 g/mol. The second-order valence-electron chi connectivity index (χ2n) is 11.7. The summed E-state index contributed by atoms with van der Waals surface area (Å²) in [6.45, 7) is 9.53. The highest BCUT2D eigenvalue weighted by molar-refractivity contribution is 5.94. The molecule has 0 radical (unpaired) electrons. The molecule has 2 fully saturated rings. The van der Waals surface area contributed by atoms with Crippen LogP contribution >= 0.6 is 0 Å². The largest absolute Gasteiger partial charge is 0.444 e. The molecule has 0 saturated carbocycles. The van der Waals surface area contributed by atoms with Crippen LogP contribution in [0.4, 0.5) is 25.5 Å². The van der Waals surface area contributed by atoms with Gasteiger partial charge in [-0.1, -0.05) is 5.10 Å². The van der Waals surface area contributed by atoms with Crippen LogP contribution in [0.2, 0.25) is 0 Å². The van der Waals surface area contributed by atoms with Gasteiger partial charge in [-0.15, -0.1) is 5.10 Å². The molecular formula is C28H36F2N10O3. The van der Waals surface area contributed by atoms with E-state index in [9.17, 15) is 18.4 Å². The minimum absolute atomic E-state index is 0.0421. The van der Waals surface area contributed by atoms with Crippen LogP contribution in [0.15, 0.2) is 30.6 Å². The molecule has 2 atom stereocenters. The maximum atomic E-state index is 14.8. The zero-order chi connectivity index (χ0) is 30.7. The number of amides is 2. The summed E-state index contributed by atoms with van der Waals surface area (Å²) < 4.78 is 34.3. The van der Waals surface area contributed by atoms with Gasteiger partial charge in [0.2, 0.25) is 5.95 Å². The van der Waals surface area contributed by atoms with Crippen molar-refractivity contribution < 1.29 is 23.1 Å². The number of hydrogen-bond acceptors (Lipinski definition) is 10. The first kappa shape index (κ1) is 30.0. The van der Waals surface area contributed by atoms with Crippen molar-refractivity contribution in [3.05, 3.63) is 53.4 Å². The lowest BCUT2D eigenvalue weighted by molar-refractivity contribution is 0.0504. The number of carbonyl (C=O) groups is 2. The molecule has 13 nitrogen and oxygen atoms in total. The molecule has 2 aliphatic rings. The summed E-state index contributed by atoms with van der Waals surface area (Å²) in [7, 11) is 0. The Balaban J connectivity index is 1.28. The Kier molecular flexibility index (Phi) is 8.69. The van der Waals surface area contributed by atoms with Crippen molar-refractivity contribution in [1.29, 1.82) is 0 Å². The van der Waals surface area contributed by atoms with Gasteiger partial charge in [0, 0.05) is 57.1 Å². The summed E-state index contributed by atoms with van der Waals surface area (Å²) in [4.78, 5) is 40.6. The Hall–Kier alpha value is -4.43. The molecule has 1 aromatic carbocycles. The van der Waals surface area contributed by atoms with Gasteiger partial charge in [0.05, 0.1) is 11.6 Å². The molecule has 2 aliphatic heterocycles. The molecule has 2 aromatic heterocycles. The van der Waals surface area contributed by atoms with E-state index in [4.69, 9.17) is 4.74 Å². The fourth-order valence-electron chi connectivity index (χ4n) is 5.68. The minimum Gasteiger partial charge on any atom is -0.444 e. The van der Waals surface area contributed by atoms with Crippen molar-refractivity contribution in [2.75, 3.05) is 42.5 Å².